The van der Waals surface area contributed by atoms with Crippen LogP contribution in [0.25, 0.3) is 11.0 Å². The molecule has 0 radical (unpaired) electrons. The van der Waals surface area contributed by atoms with Crippen LogP contribution in [0.15, 0.2) is 74.0 Å². The highest BCUT2D eigenvalue weighted by Crippen LogP contribution is 2.39. The summed E-state index contributed by atoms with van der Waals surface area (Å²) in [5.74, 6) is 1.13. The molecule has 1 aromatic heterocycles. The van der Waals surface area contributed by atoms with E-state index in [-0.39, 0.29) is 12.4 Å². The summed E-state index contributed by atoms with van der Waals surface area (Å²) >= 11 is 0. The van der Waals surface area contributed by atoms with Gasteiger partial charge in [-0.25, -0.2) is 4.79 Å². The van der Waals surface area contributed by atoms with Gasteiger partial charge in [0, 0.05) is 0 Å². The van der Waals surface area contributed by atoms with Crippen molar-refractivity contribution >= 4 is 11.0 Å². The van der Waals surface area contributed by atoms with Crippen LogP contribution in [0.3, 0.4) is 0 Å². The summed E-state index contributed by atoms with van der Waals surface area (Å²) in [5.41, 5.74) is 5.03. The molecule has 0 fully saturated rings. The van der Waals surface area contributed by atoms with Crippen LogP contribution in [0, 0.1) is 0 Å². The lowest BCUT2D eigenvalue weighted by molar-refractivity contribution is 0.268. The van der Waals surface area contributed by atoms with Gasteiger partial charge in [-0.1, -0.05) is 92.4 Å². The fourth-order valence-corrected chi connectivity index (χ4v) is 4.89. The summed E-state index contributed by atoms with van der Waals surface area (Å²) in [4.78, 5) is 13.1. The van der Waals surface area contributed by atoms with E-state index in [0.717, 1.165) is 38.5 Å². The largest absolute Gasteiger partial charge is 0.489 e. The Morgan fingerprint density at radius 3 is 1.84 bits per heavy atom. The number of rotatable bonds is 22. The van der Waals surface area contributed by atoms with Gasteiger partial charge in [-0.05, 0) is 97.9 Å². The molecule has 1 aromatic carbocycles. The minimum atomic E-state index is -0.536. The Balaban J connectivity index is 2.24. The summed E-state index contributed by atoms with van der Waals surface area (Å²) in [6, 6.07) is 5.52. The van der Waals surface area contributed by atoms with Crippen molar-refractivity contribution in [2.45, 2.75) is 126 Å². The van der Waals surface area contributed by atoms with E-state index in [1.54, 1.807) is 6.07 Å². The van der Waals surface area contributed by atoms with E-state index >= 15 is 0 Å². The van der Waals surface area contributed by atoms with Gasteiger partial charge in [-0.15, -0.1) is 0 Å². The first-order valence-corrected chi connectivity index (χ1v) is 16.8. The molecule has 44 heavy (non-hydrogen) atoms. The number of hydrogen-bond donors (Lipinski definition) is 0. The van der Waals surface area contributed by atoms with Gasteiger partial charge in [-0.2, -0.15) is 0 Å². The molecular weight excluding hydrogens is 548 g/mol. The third-order valence-corrected chi connectivity index (χ3v) is 7.57. The third kappa shape index (κ3) is 14.5. The van der Waals surface area contributed by atoms with Crippen LogP contribution >= 0.6 is 0 Å². The second-order valence-electron chi connectivity index (χ2n) is 12.4. The second-order valence-corrected chi connectivity index (χ2v) is 12.4. The van der Waals surface area contributed by atoms with Gasteiger partial charge in [0.1, 0.15) is 29.9 Å². The summed E-state index contributed by atoms with van der Waals surface area (Å²) < 4.78 is 24.4. The van der Waals surface area contributed by atoms with E-state index in [4.69, 9.17) is 18.6 Å². The summed E-state index contributed by atoms with van der Waals surface area (Å²) in [5, 5.41) is 0.640. The van der Waals surface area contributed by atoms with E-state index < -0.39 is 5.63 Å². The predicted octanol–water partition coefficient (Wildman–Crippen LogP) is 11.5. The minimum absolute atomic E-state index is 0.106. The Labute approximate surface area is 267 Å². The highest BCUT2D eigenvalue weighted by atomic mass is 16.5. The zero-order chi connectivity index (χ0) is 32.2. The molecule has 0 saturated heterocycles. The Morgan fingerprint density at radius 2 is 1.25 bits per heavy atom. The molecule has 244 valence electrons. The number of allylic oxidation sites excluding steroid dienone is 6. The number of ether oxygens (including phenoxy) is 3. The molecule has 0 aliphatic carbocycles. The van der Waals surface area contributed by atoms with Crippen molar-refractivity contribution in [1.29, 1.82) is 0 Å². The molecule has 0 saturated carbocycles. The summed E-state index contributed by atoms with van der Waals surface area (Å²) in [7, 11) is 0. The Hall–Kier alpha value is -3.21. The third-order valence-electron chi connectivity index (χ3n) is 7.57. The summed E-state index contributed by atoms with van der Waals surface area (Å²) in [6.45, 7) is 16.1. The minimum Gasteiger partial charge on any atom is -0.489 e. The first-order valence-electron chi connectivity index (χ1n) is 16.8. The SMILES string of the molecule is CCCCCCCCCCOc1c(OCC=C(C)CCC=C(C)C)c(=O)oc2cccc(OCC=C(C)CCC=C(C)C)c12. The molecule has 5 nitrogen and oxygen atoms in total. The predicted molar refractivity (Wildman–Crippen MR) is 186 cm³/mol. The van der Waals surface area contributed by atoms with E-state index in [2.05, 4.69) is 66.7 Å². The van der Waals surface area contributed by atoms with Crippen LogP contribution in [0.4, 0.5) is 0 Å². The van der Waals surface area contributed by atoms with E-state index in [9.17, 15) is 4.79 Å². The fraction of sp³-hybridized carbons (Fsp3) is 0.564. The van der Waals surface area contributed by atoms with Gasteiger partial charge in [0.15, 0.2) is 5.75 Å². The number of unbranched alkanes of at least 4 members (excludes halogenated alkanes) is 7. The lowest BCUT2D eigenvalue weighted by Gasteiger charge is -2.16. The highest BCUT2D eigenvalue weighted by Gasteiger charge is 2.21. The lowest BCUT2D eigenvalue weighted by Crippen LogP contribution is -2.12. The second kappa shape index (κ2) is 21.5. The van der Waals surface area contributed by atoms with Gasteiger partial charge < -0.3 is 18.6 Å². The average molecular weight is 607 g/mol. The fourth-order valence-electron chi connectivity index (χ4n) is 4.89. The molecule has 2 rings (SSSR count). The van der Waals surface area contributed by atoms with E-state index in [1.807, 2.05) is 18.2 Å². The number of hydrogen-bond acceptors (Lipinski definition) is 5. The van der Waals surface area contributed by atoms with Gasteiger partial charge in [0.25, 0.3) is 0 Å². The molecule has 0 unspecified atom stereocenters. The maximum Gasteiger partial charge on any atom is 0.383 e. The maximum atomic E-state index is 13.1. The van der Waals surface area contributed by atoms with Crippen molar-refractivity contribution in [3.63, 3.8) is 0 Å². The van der Waals surface area contributed by atoms with Crippen molar-refractivity contribution in [2.75, 3.05) is 19.8 Å². The first-order chi connectivity index (χ1) is 21.2. The van der Waals surface area contributed by atoms with Gasteiger partial charge >= 0.3 is 5.63 Å². The molecule has 0 aliphatic rings. The molecule has 0 N–H and O–H groups in total. The smallest absolute Gasteiger partial charge is 0.383 e. The van der Waals surface area contributed by atoms with E-state index in [1.165, 1.54) is 60.8 Å². The monoisotopic (exact) mass is 606 g/mol. The average Bonchev–Trinajstić information content (AvgIpc) is 2.97. The Kier molecular flexibility index (Phi) is 18.1. The van der Waals surface area contributed by atoms with Crippen molar-refractivity contribution in [3.05, 3.63) is 75.2 Å². The number of benzene rings is 1. The molecule has 0 aliphatic heterocycles. The van der Waals surface area contributed by atoms with E-state index in [0.29, 0.717) is 35.7 Å². The molecule has 0 spiro atoms. The van der Waals surface area contributed by atoms with Crippen LogP contribution in [-0.4, -0.2) is 19.8 Å². The zero-order valence-corrected chi connectivity index (χ0v) is 28.7. The maximum absolute atomic E-state index is 13.1. The molecular formula is C39H58O5. The molecule has 2 aromatic rings. The van der Waals surface area contributed by atoms with Crippen molar-refractivity contribution in [2.24, 2.45) is 0 Å². The Bertz CT molecular complexity index is 1300. The van der Waals surface area contributed by atoms with Gasteiger partial charge in [0.05, 0.1) is 6.61 Å². The quantitative estimate of drug-likeness (QED) is 0.0758. The number of fused-ring (bicyclic) bond motifs is 1. The van der Waals surface area contributed by atoms with Crippen molar-refractivity contribution in [1.82, 2.24) is 0 Å². The molecule has 0 amide bonds. The highest BCUT2D eigenvalue weighted by molar-refractivity contribution is 5.91. The Morgan fingerprint density at radius 1 is 0.682 bits per heavy atom. The van der Waals surface area contributed by atoms with Crippen LogP contribution in [0.1, 0.15) is 126 Å². The van der Waals surface area contributed by atoms with Crippen LogP contribution in [0.2, 0.25) is 0 Å². The normalized spacial score (nSPS) is 11.9. The van der Waals surface area contributed by atoms with Gasteiger partial charge in [0.2, 0.25) is 5.75 Å². The first kappa shape index (κ1) is 37.0. The van der Waals surface area contributed by atoms with Crippen LogP contribution in [-0.2, 0) is 0 Å². The topological polar surface area (TPSA) is 57.9 Å². The molecule has 5 heteroatoms. The lowest BCUT2D eigenvalue weighted by atomic mass is 10.1. The van der Waals surface area contributed by atoms with Crippen molar-refractivity contribution < 1.29 is 18.6 Å². The molecule has 0 bridgehead atoms. The zero-order valence-electron chi connectivity index (χ0n) is 28.7. The standard InChI is InChI=1S/C39H58O5/c1-8-9-10-11-12-13-14-15-27-42-37-36-34(41-28-25-32(6)21-16-19-30(2)3)23-18-24-35(36)44-39(40)38(37)43-29-26-33(7)22-17-20-31(4)5/h18-20,23-26H,8-17,21-22,27-29H2,1-7H3. The van der Waals surface area contributed by atoms with Crippen molar-refractivity contribution in [3.8, 4) is 17.2 Å². The summed E-state index contributed by atoms with van der Waals surface area (Å²) in [6.07, 6.45) is 22.2. The van der Waals surface area contributed by atoms with Gasteiger partial charge in [-0.3, -0.25) is 0 Å². The molecule has 0 atom stereocenters. The van der Waals surface area contributed by atoms with Crippen LogP contribution < -0.4 is 19.8 Å². The van der Waals surface area contributed by atoms with Crippen LogP contribution in [0.5, 0.6) is 17.2 Å². The molecule has 1 heterocycles.